The third-order valence-corrected chi connectivity index (χ3v) is 4.74. The number of ketones is 1. The van der Waals surface area contributed by atoms with Gasteiger partial charge in [0.15, 0.2) is 5.78 Å². The van der Waals surface area contributed by atoms with E-state index in [0.29, 0.717) is 0 Å². The van der Waals surface area contributed by atoms with Gasteiger partial charge >= 0.3 is 0 Å². The van der Waals surface area contributed by atoms with Gasteiger partial charge in [0.1, 0.15) is 6.54 Å². The third-order valence-electron chi connectivity index (χ3n) is 4.74. The molecule has 0 unspecified atom stereocenters. The number of nitrogens with zero attached hydrogens (tertiary/aromatic N) is 3. The molecule has 1 aromatic carbocycles. The van der Waals surface area contributed by atoms with Gasteiger partial charge in [0.25, 0.3) is 0 Å². The maximum absolute atomic E-state index is 12.2. The maximum atomic E-state index is 12.2. The van der Waals surface area contributed by atoms with Crippen LogP contribution < -0.4 is 4.90 Å². The summed E-state index contributed by atoms with van der Waals surface area (Å²) in [5.41, 5.74) is 6.30. The number of rotatable bonds is 2. The fourth-order valence-electron chi connectivity index (χ4n) is 3.46. The first-order valence-electron chi connectivity index (χ1n) is 7.77. The van der Waals surface area contributed by atoms with Crippen molar-refractivity contribution in [3.05, 3.63) is 46.8 Å². The third kappa shape index (κ3) is 1.83. The zero-order valence-corrected chi connectivity index (χ0v) is 13.0. The lowest BCUT2D eigenvalue weighted by molar-refractivity contribution is 0.1000. The molecule has 0 amide bonds. The Balaban J connectivity index is 1.87. The van der Waals surface area contributed by atoms with E-state index in [1.54, 1.807) is 0 Å². The SMILES string of the molecule is Cc1c2c(c(C)n1-c1cccc(N3CCC3)c1)C(=O)CN=C2. The summed E-state index contributed by atoms with van der Waals surface area (Å²) in [6.07, 6.45) is 3.11. The van der Waals surface area contributed by atoms with Crippen molar-refractivity contribution in [1.82, 2.24) is 4.57 Å². The summed E-state index contributed by atoms with van der Waals surface area (Å²) < 4.78 is 2.18. The van der Waals surface area contributed by atoms with Crippen molar-refractivity contribution in [1.29, 1.82) is 0 Å². The van der Waals surface area contributed by atoms with E-state index in [4.69, 9.17) is 0 Å². The van der Waals surface area contributed by atoms with Gasteiger partial charge in [0.05, 0.1) is 0 Å². The molecule has 0 radical (unpaired) electrons. The van der Waals surface area contributed by atoms with Crippen LogP contribution in [-0.2, 0) is 0 Å². The minimum absolute atomic E-state index is 0.121. The molecule has 2 aliphatic heterocycles. The van der Waals surface area contributed by atoms with E-state index < -0.39 is 0 Å². The number of aliphatic imine (C=N–C) groups is 1. The number of hydrogen-bond donors (Lipinski definition) is 0. The normalized spacial score (nSPS) is 16.6. The molecule has 22 heavy (non-hydrogen) atoms. The van der Waals surface area contributed by atoms with Crippen LogP contribution in [0, 0.1) is 13.8 Å². The molecule has 0 bridgehead atoms. The monoisotopic (exact) mass is 293 g/mol. The summed E-state index contributed by atoms with van der Waals surface area (Å²) in [4.78, 5) is 18.8. The van der Waals surface area contributed by atoms with Gasteiger partial charge in [-0.1, -0.05) is 6.07 Å². The molecule has 4 heteroatoms. The Morgan fingerprint density at radius 2 is 1.86 bits per heavy atom. The van der Waals surface area contributed by atoms with Crippen LogP contribution in [0.1, 0.15) is 33.7 Å². The number of anilines is 1. The van der Waals surface area contributed by atoms with Gasteiger partial charge in [-0.15, -0.1) is 0 Å². The van der Waals surface area contributed by atoms with Crippen LogP contribution in [0.5, 0.6) is 0 Å². The molecule has 4 nitrogen and oxygen atoms in total. The molecule has 0 N–H and O–H groups in total. The number of aromatic nitrogens is 1. The molecule has 3 heterocycles. The van der Waals surface area contributed by atoms with E-state index in [2.05, 4.69) is 45.6 Å². The topological polar surface area (TPSA) is 37.6 Å². The highest BCUT2D eigenvalue weighted by Gasteiger charge is 2.25. The average Bonchev–Trinajstić information content (AvgIpc) is 2.70. The number of carbonyl (C=O) groups is 1. The molecule has 112 valence electrons. The Kier molecular flexibility index (Phi) is 2.93. The lowest BCUT2D eigenvalue weighted by Gasteiger charge is -2.33. The van der Waals surface area contributed by atoms with Crippen LogP contribution in [0.2, 0.25) is 0 Å². The molecular formula is C18H19N3O. The summed E-state index contributed by atoms with van der Waals surface area (Å²) in [7, 11) is 0. The van der Waals surface area contributed by atoms with Crippen LogP contribution in [-0.4, -0.2) is 36.2 Å². The van der Waals surface area contributed by atoms with E-state index in [1.807, 2.05) is 13.1 Å². The summed E-state index contributed by atoms with van der Waals surface area (Å²) in [5, 5.41) is 0. The van der Waals surface area contributed by atoms with Gasteiger partial charge in [0.2, 0.25) is 0 Å². The highest BCUT2D eigenvalue weighted by Crippen LogP contribution is 2.30. The first-order chi connectivity index (χ1) is 10.7. The van der Waals surface area contributed by atoms with E-state index in [1.165, 1.54) is 12.1 Å². The largest absolute Gasteiger partial charge is 0.371 e. The van der Waals surface area contributed by atoms with Gasteiger partial charge in [-0.05, 0) is 38.5 Å². The molecule has 4 rings (SSSR count). The summed E-state index contributed by atoms with van der Waals surface area (Å²) >= 11 is 0. The Morgan fingerprint density at radius 1 is 1.09 bits per heavy atom. The van der Waals surface area contributed by atoms with Gasteiger partial charge < -0.3 is 9.47 Å². The van der Waals surface area contributed by atoms with Crippen LogP contribution in [0.15, 0.2) is 29.3 Å². The van der Waals surface area contributed by atoms with Crippen LogP contribution in [0.4, 0.5) is 5.69 Å². The summed E-state index contributed by atoms with van der Waals surface area (Å²) in [6, 6.07) is 8.57. The molecule has 2 aliphatic rings. The molecule has 0 atom stereocenters. The number of Topliss-reactive ketones (excluding diaryl/α,β-unsaturated/α-hetero) is 1. The van der Waals surface area contributed by atoms with Gasteiger partial charge in [0, 0.05) is 53.2 Å². The molecule has 1 aromatic heterocycles. The zero-order valence-electron chi connectivity index (χ0n) is 13.0. The van der Waals surface area contributed by atoms with Crippen molar-refractivity contribution in [3.63, 3.8) is 0 Å². The predicted octanol–water partition coefficient (Wildman–Crippen LogP) is 2.92. The lowest BCUT2D eigenvalue weighted by Crippen LogP contribution is -2.36. The standard InChI is InChI=1S/C18H19N3O/c1-12-16-10-19-11-17(22)18(16)13(2)21(12)15-6-3-5-14(9-15)20-7-4-8-20/h3,5-6,9-10H,4,7-8,11H2,1-2H3. The predicted molar refractivity (Wildman–Crippen MR) is 88.9 cm³/mol. The molecule has 1 saturated heterocycles. The number of carbonyl (C=O) groups excluding carboxylic acids is 1. The minimum Gasteiger partial charge on any atom is -0.371 e. The second kappa shape index (κ2) is 4.83. The Labute approximate surface area is 130 Å². The van der Waals surface area contributed by atoms with Crippen LogP contribution >= 0.6 is 0 Å². The molecule has 1 fully saturated rings. The maximum Gasteiger partial charge on any atom is 0.186 e. The van der Waals surface area contributed by atoms with Gasteiger partial charge in [-0.3, -0.25) is 9.79 Å². The first kappa shape index (κ1) is 13.3. The highest BCUT2D eigenvalue weighted by molar-refractivity contribution is 6.10. The van der Waals surface area contributed by atoms with Crippen molar-refractivity contribution in [3.8, 4) is 5.69 Å². The second-order valence-corrected chi connectivity index (χ2v) is 6.05. The molecule has 0 aliphatic carbocycles. The minimum atomic E-state index is 0.121. The number of hydrogen-bond acceptors (Lipinski definition) is 3. The van der Waals surface area contributed by atoms with E-state index in [0.717, 1.165) is 41.3 Å². The molecule has 0 spiro atoms. The first-order valence-corrected chi connectivity index (χ1v) is 7.77. The van der Waals surface area contributed by atoms with Gasteiger partial charge in [-0.2, -0.15) is 0 Å². The van der Waals surface area contributed by atoms with Crippen molar-refractivity contribution >= 4 is 17.7 Å². The Morgan fingerprint density at radius 3 is 2.55 bits per heavy atom. The number of benzene rings is 1. The smallest absolute Gasteiger partial charge is 0.186 e. The Hall–Kier alpha value is -2.36. The van der Waals surface area contributed by atoms with E-state index in [9.17, 15) is 4.79 Å². The number of fused-ring (bicyclic) bond motifs is 1. The van der Waals surface area contributed by atoms with Crippen molar-refractivity contribution < 1.29 is 4.79 Å². The average molecular weight is 293 g/mol. The van der Waals surface area contributed by atoms with E-state index >= 15 is 0 Å². The van der Waals surface area contributed by atoms with Crippen molar-refractivity contribution in [2.45, 2.75) is 20.3 Å². The molecule has 2 aromatic rings. The zero-order chi connectivity index (χ0) is 15.3. The molecule has 0 saturated carbocycles. The van der Waals surface area contributed by atoms with Gasteiger partial charge in [-0.25, -0.2) is 0 Å². The summed E-state index contributed by atoms with van der Waals surface area (Å²) in [6.45, 7) is 6.63. The second-order valence-electron chi connectivity index (χ2n) is 6.05. The highest BCUT2D eigenvalue weighted by atomic mass is 16.1. The lowest BCUT2D eigenvalue weighted by atomic mass is 10.0. The fraction of sp³-hybridized carbons (Fsp3) is 0.333. The van der Waals surface area contributed by atoms with Crippen LogP contribution in [0.3, 0.4) is 0 Å². The van der Waals surface area contributed by atoms with Crippen molar-refractivity contribution in [2.24, 2.45) is 4.99 Å². The Bertz CT molecular complexity index is 797. The molecular weight excluding hydrogens is 274 g/mol. The van der Waals surface area contributed by atoms with Crippen molar-refractivity contribution in [2.75, 3.05) is 24.5 Å². The van der Waals surface area contributed by atoms with Crippen LogP contribution in [0.25, 0.3) is 5.69 Å². The van der Waals surface area contributed by atoms with E-state index in [-0.39, 0.29) is 12.3 Å². The summed E-state index contributed by atoms with van der Waals surface area (Å²) in [5.74, 6) is 0.121. The quantitative estimate of drug-likeness (QED) is 0.854. The fourth-order valence-corrected chi connectivity index (χ4v) is 3.46.